The van der Waals surface area contributed by atoms with Crippen molar-refractivity contribution >= 4 is 5.91 Å². The van der Waals surface area contributed by atoms with Gasteiger partial charge in [-0.2, -0.15) is 0 Å². The SMILES string of the molecule is CC(C)(N)C(=O)N1CCOCC1CO. The van der Waals surface area contributed by atoms with Crippen molar-refractivity contribution in [2.45, 2.75) is 25.4 Å². The van der Waals surface area contributed by atoms with Gasteiger partial charge in [-0.05, 0) is 13.8 Å². The van der Waals surface area contributed by atoms with Crippen LogP contribution in [0.5, 0.6) is 0 Å². The van der Waals surface area contributed by atoms with Crippen LogP contribution in [0, 0.1) is 0 Å². The molecule has 5 heteroatoms. The predicted octanol–water partition coefficient (Wildman–Crippen LogP) is -1.06. The van der Waals surface area contributed by atoms with Gasteiger partial charge in [-0.15, -0.1) is 0 Å². The molecule has 1 amide bonds. The van der Waals surface area contributed by atoms with E-state index in [1.165, 1.54) is 0 Å². The summed E-state index contributed by atoms with van der Waals surface area (Å²) in [6, 6.07) is -0.251. The lowest BCUT2D eigenvalue weighted by Crippen LogP contribution is -2.59. The molecule has 0 bridgehead atoms. The molecule has 0 saturated carbocycles. The smallest absolute Gasteiger partial charge is 0.242 e. The zero-order valence-corrected chi connectivity index (χ0v) is 8.69. The molecule has 1 saturated heterocycles. The Hall–Kier alpha value is -0.650. The van der Waals surface area contributed by atoms with E-state index in [0.29, 0.717) is 19.8 Å². The number of ether oxygens (including phenoxy) is 1. The molecule has 82 valence electrons. The van der Waals surface area contributed by atoms with Gasteiger partial charge in [0, 0.05) is 6.54 Å². The minimum atomic E-state index is -0.884. The molecule has 0 spiro atoms. The molecule has 0 radical (unpaired) electrons. The van der Waals surface area contributed by atoms with Gasteiger partial charge in [0.2, 0.25) is 5.91 Å². The Kier molecular flexibility index (Phi) is 3.47. The minimum absolute atomic E-state index is 0.0815. The van der Waals surface area contributed by atoms with Crippen LogP contribution in [0.25, 0.3) is 0 Å². The number of nitrogens with zero attached hydrogens (tertiary/aromatic N) is 1. The fourth-order valence-electron chi connectivity index (χ4n) is 1.44. The second-order valence-corrected chi connectivity index (χ2v) is 4.13. The number of carbonyl (C=O) groups is 1. The van der Waals surface area contributed by atoms with Gasteiger partial charge in [0.15, 0.2) is 0 Å². The fourth-order valence-corrected chi connectivity index (χ4v) is 1.44. The Morgan fingerprint density at radius 1 is 1.71 bits per heavy atom. The molecule has 0 aromatic rings. The van der Waals surface area contributed by atoms with Crippen molar-refractivity contribution < 1.29 is 14.6 Å². The topological polar surface area (TPSA) is 75.8 Å². The Morgan fingerprint density at radius 3 is 2.86 bits per heavy atom. The average molecular weight is 202 g/mol. The largest absolute Gasteiger partial charge is 0.394 e. The normalized spacial score (nSPS) is 23.7. The van der Waals surface area contributed by atoms with Crippen LogP contribution in [-0.2, 0) is 9.53 Å². The van der Waals surface area contributed by atoms with Gasteiger partial charge in [-0.25, -0.2) is 0 Å². The molecule has 5 nitrogen and oxygen atoms in total. The molecule has 1 rings (SSSR count). The van der Waals surface area contributed by atoms with Gasteiger partial charge < -0.3 is 20.5 Å². The number of carbonyl (C=O) groups excluding carboxylic acids is 1. The predicted molar refractivity (Wildman–Crippen MR) is 51.7 cm³/mol. The van der Waals surface area contributed by atoms with Crippen molar-refractivity contribution in [3.8, 4) is 0 Å². The number of nitrogens with two attached hydrogens (primary N) is 1. The van der Waals surface area contributed by atoms with Crippen LogP contribution >= 0.6 is 0 Å². The van der Waals surface area contributed by atoms with Gasteiger partial charge in [0.25, 0.3) is 0 Å². The number of aliphatic hydroxyl groups excluding tert-OH is 1. The van der Waals surface area contributed by atoms with E-state index in [9.17, 15) is 4.79 Å². The summed E-state index contributed by atoms with van der Waals surface area (Å²) in [6.45, 7) is 4.65. The third-order valence-electron chi connectivity index (χ3n) is 2.25. The van der Waals surface area contributed by atoms with Crippen molar-refractivity contribution in [3.63, 3.8) is 0 Å². The highest BCUT2D eigenvalue weighted by Crippen LogP contribution is 2.12. The zero-order valence-electron chi connectivity index (χ0n) is 8.69. The summed E-state index contributed by atoms with van der Waals surface area (Å²) < 4.78 is 5.17. The molecule has 0 aromatic heterocycles. The van der Waals surface area contributed by atoms with Crippen molar-refractivity contribution in [3.05, 3.63) is 0 Å². The van der Waals surface area contributed by atoms with E-state index in [0.717, 1.165) is 0 Å². The Labute approximate surface area is 83.8 Å². The first-order valence-electron chi connectivity index (χ1n) is 4.75. The number of aliphatic hydroxyl groups is 1. The van der Waals surface area contributed by atoms with Crippen molar-refractivity contribution in [1.82, 2.24) is 4.90 Å². The maximum atomic E-state index is 11.8. The maximum Gasteiger partial charge on any atom is 0.242 e. The molecule has 1 unspecified atom stereocenters. The first kappa shape index (κ1) is 11.4. The second kappa shape index (κ2) is 4.25. The first-order chi connectivity index (χ1) is 6.46. The Bertz CT molecular complexity index is 213. The molecule has 14 heavy (non-hydrogen) atoms. The molecular weight excluding hydrogens is 184 g/mol. The number of hydrogen-bond acceptors (Lipinski definition) is 4. The lowest BCUT2D eigenvalue weighted by molar-refractivity contribution is -0.146. The van der Waals surface area contributed by atoms with Crippen molar-refractivity contribution in [2.75, 3.05) is 26.4 Å². The van der Waals surface area contributed by atoms with Crippen LogP contribution in [0.1, 0.15) is 13.8 Å². The second-order valence-electron chi connectivity index (χ2n) is 4.13. The highest BCUT2D eigenvalue weighted by molar-refractivity contribution is 5.85. The van der Waals surface area contributed by atoms with E-state index >= 15 is 0 Å². The summed E-state index contributed by atoms with van der Waals surface area (Å²) in [7, 11) is 0. The summed E-state index contributed by atoms with van der Waals surface area (Å²) >= 11 is 0. The van der Waals surface area contributed by atoms with E-state index in [2.05, 4.69) is 0 Å². The highest BCUT2D eigenvalue weighted by atomic mass is 16.5. The number of rotatable bonds is 2. The standard InChI is InChI=1S/C9H18N2O3/c1-9(2,10)8(13)11-3-4-14-6-7(11)5-12/h7,12H,3-6,10H2,1-2H3. The fraction of sp³-hybridized carbons (Fsp3) is 0.889. The summed E-state index contributed by atoms with van der Waals surface area (Å²) in [6.07, 6.45) is 0. The summed E-state index contributed by atoms with van der Waals surface area (Å²) in [4.78, 5) is 13.4. The van der Waals surface area contributed by atoms with Crippen LogP contribution in [0.15, 0.2) is 0 Å². The number of amides is 1. The van der Waals surface area contributed by atoms with Crippen LogP contribution < -0.4 is 5.73 Å². The minimum Gasteiger partial charge on any atom is -0.394 e. The van der Waals surface area contributed by atoms with E-state index in [1.54, 1.807) is 18.7 Å². The van der Waals surface area contributed by atoms with E-state index in [-0.39, 0.29) is 18.6 Å². The van der Waals surface area contributed by atoms with Crippen molar-refractivity contribution in [1.29, 1.82) is 0 Å². The van der Waals surface area contributed by atoms with Crippen molar-refractivity contribution in [2.24, 2.45) is 5.73 Å². The molecule has 1 fully saturated rings. The molecule has 3 N–H and O–H groups in total. The number of morpholine rings is 1. The quantitative estimate of drug-likeness (QED) is 0.598. The molecule has 1 atom stereocenters. The van der Waals surface area contributed by atoms with Gasteiger partial charge in [0.1, 0.15) is 0 Å². The van der Waals surface area contributed by atoms with E-state index < -0.39 is 5.54 Å². The lowest BCUT2D eigenvalue weighted by atomic mass is 10.0. The summed E-state index contributed by atoms with van der Waals surface area (Å²) in [5, 5.41) is 9.06. The monoisotopic (exact) mass is 202 g/mol. The van der Waals surface area contributed by atoms with Gasteiger partial charge in [-0.1, -0.05) is 0 Å². The van der Waals surface area contributed by atoms with Crippen LogP contribution in [-0.4, -0.2) is 53.9 Å². The van der Waals surface area contributed by atoms with Gasteiger partial charge >= 0.3 is 0 Å². The van der Waals surface area contributed by atoms with Crippen LogP contribution in [0.3, 0.4) is 0 Å². The summed E-state index contributed by atoms with van der Waals surface area (Å²) in [5.74, 6) is -0.139. The molecule has 1 aliphatic heterocycles. The van der Waals surface area contributed by atoms with Crippen LogP contribution in [0.4, 0.5) is 0 Å². The highest BCUT2D eigenvalue weighted by Gasteiger charge is 2.33. The summed E-state index contributed by atoms with van der Waals surface area (Å²) in [5.41, 5.74) is 4.83. The zero-order chi connectivity index (χ0) is 10.8. The molecule has 0 aliphatic carbocycles. The van der Waals surface area contributed by atoms with E-state index in [1.807, 2.05) is 0 Å². The number of hydrogen-bond donors (Lipinski definition) is 2. The third kappa shape index (κ3) is 2.43. The van der Waals surface area contributed by atoms with E-state index in [4.69, 9.17) is 15.6 Å². The maximum absolute atomic E-state index is 11.8. The molecule has 1 aliphatic rings. The third-order valence-corrected chi connectivity index (χ3v) is 2.25. The average Bonchev–Trinajstić information content (AvgIpc) is 2.15. The molecule has 0 aromatic carbocycles. The van der Waals surface area contributed by atoms with Crippen LogP contribution in [0.2, 0.25) is 0 Å². The first-order valence-corrected chi connectivity index (χ1v) is 4.75. The molecule has 1 heterocycles. The van der Waals surface area contributed by atoms with Gasteiger partial charge in [0.05, 0.1) is 31.4 Å². The van der Waals surface area contributed by atoms with Gasteiger partial charge in [-0.3, -0.25) is 4.79 Å². The Morgan fingerprint density at radius 2 is 2.36 bits per heavy atom. The Balaban J connectivity index is 2.69. The molecular formula is C9H18N2O3. The lowest BCUT2D eigenvalue weighted by Gasteiger charge is -2.38.